The largest absolute Gasteiger partial charge is 0.397 e. The van der Waals surface area contributed by atoms with E-state index in [9.17, 15) is 0 Å². The highest BCUT2D eigenvalue weighted by molar-refractivity contribution is 7.18. The SMILES string of the molecule is Cc1nc2cc(NCCc3ccccc3)c(N)cc2s1. The summed E-state index contributed by atoms with van der Waals surface area (Å²) in [6, 6.07) is 14.5. The number of nitrogens with one attached hydrogen (secondary N) is 1. The predicted molar refractivity (Wildman–Crippen MR) is 87.4 cm³/mol. The fourth-order valence-electron chi connectivity index (χ4n) is 2.24. The first kappa shape index (κ1) is 12.9. The van der Waals surface area contributed by atoms with Crippen molar-refractivity contribution in [1.29, 1.82) is 0 Å². The van der Waals surface area contributed by atoms with Gasteiger partial charge in [0.25, 0.3) is 0 Å². The number of fused-ring (bicyclic) bond motifs is 1. The summed E-state index contributed by atoms with van der Waals surface area (Å²) in [5.74, 6) is 0. The van der Waals surface area contributed by atoms with Gasteiger partial charge in [-0.15, -0.1) is 11.3 Å². The first-order valence-electron chi connectivity index (χ1n) is 6.67. The summed E-state index contributed by atoms with van der Waals surface area (Å²) in [5.41, 5.74) is 10.2. The number of aromatic nitrogens is 1. The normalized spacial score (nSPS) is 10.8. The third-order valence-electron chi connectivity index (χ3n) is 3.24. The molecule has 0 amide bonds. The Kier molecular flexibility index (Phi) is 3.56. The molecule has 2 aromatic carbocycles. The van der Waals surface area contributed by atoms with E-state index in [1.165, 1.54) is 5.56 Å². The first-order chi connectivity index (χ1) is 9.72. The van der Waals surface area contributed by atoms with Gasteiger partial charge in [-0.25, -0.2) is 4.98 Å². The van der Waals surface area contributed by atoms with E-state index in [-0.39, 0.29) is 0 Å². The number of nitrogen functional groups attached to an aromatic ring is 1. The number of nitrogens with two attached hydrogens (primary N) is 1. The molecule has 0 unspecified atom stereocenters. The van der Waals surface area contributed by atoms with E-state index in [0.29, 0.717) is 0 Å². The maximum absolute atomic E-state index is 6.09. The van der Waals surface area contributed by atoms with Gasteiger partial charge in [0.1, 0.15) is 0 Å². The standard InChI is InChI=1S/C16H17N3S/c1-11-19-15-10-14(13(17)9-16(15)20-11)18-8-7-12-5-3-2-4-6-12/h2-6,9-10,18H,7-8,17H2,1H3. The Labute approximate surface area is 122 Å². The quantitative estimate of drug-likeness (QED) is 0.715. The Bertz CT molecular complexity index is 719. The molecular weight excluding hydrogens is 266 g/mol. The Morgan fingerprint density at radius 3 is 2.80 bits per heavy atom. The van der Waals surface area contributed by atoms with Crippen LogP contribution in [-0.2, 0) is 6.42 Å². The number of anilines is 2. The van der Waals surface area contributed by atoms with Crippen molar-refractivity contribution in [2.75, 3.05) is 17.6 Å². The molecule has 20 heavy (non-hydrogen) atoms. The maximum atomic E-state index is 6.09. The highest BCUT2D eigenvalue weighted by Crippen LogP contribution is 2.29. The van der Waals surface area contributed by atoms with Crippen LogP contribution in [0, 0.1) is 6.92 Å². The average Bonchev–Trinajstić information content (AvgIpc) is 2.79. The molecule has 3 N–H and O–H groups in total. The summed E-state index contributed by atoms with van der Waals surface area (Å²) >= 11 is 1.68. The van der Waals surface area contributed by atoms with Gasteiger partial charge in [-0.1, -0.05) is 30.3 Å². The van der Waals surface area contributed by atoms with Crippen molar-refractivity contribution in [3.63, 3.8) is 0 Å². The van der Waals surface area contributed by atoms with Crippen molar-refractivity contribution in [3.05, 3.63) is 53.0 Å². The number of benzene rings is 2. The summed E-state index contributed by atoms with van der Waals surface area (Å²) in [4.78, 5) is 4.50. The molecule has 0 saturated carbocycles. The summed E-state index contributed by atoms with van der Waals surface area (Å²) in [5, 5.41) is 4.47. The van der Waals surface area contributed by atoms with Gasteiger partial charge in [0.05, 0.1) is 26.6 Å². The second-order valence-electron chi connectivity index (χ2n) is 4.80. The van der Waals surface area contributed by atoms with Crippen LogP contribution in [0.3, 0.4) is 0 Å². The molecule has 3 aromatic rings. The van der Waals surface area contributed by atoms with Crippen molar-refractivity contribution in [3.8, 4) is 0 Å². The van der Waals surface area contributed by atoms with Crippen molar-refractivity contribution >= 4 is 32.9 Å². The lowest BCUT2D eigenvalue weighted by molar-refractivity contribution is 1.02. The third kappa shape index (κ3) is 2.75. The van der Waals surface area contributed by atoms with Crippen molar-refractivity contribution in [1.82, 2.24) is 4.98 Å². The zero-order valence-corrected chi connectivity index (χ0v) is 12.2. The van der Waals surface area contributed by atoms with Crippen LogP contribution in [0.5, 0.6) is 0 Å². The molecule has 0 aliphatic carbocycles. The summed E-state index contributed by atoms with van der Waals surface area (Å²) in [6.07, 6.45) is 0.981. The smallest absolute Gasteiger partial charge is 0.0907 e. The van der Waals surface area contributed by atoms with Gasteiger partial charge in [0.15, 0.2) is 0 Å². The van der Waals surface area contributed by atoms with Crippen LogP contribution >= 0.6 is 11.3 Å². The number of hydrogen-bond acceptors (Lipinski definition) is 4. The molecule has 0 bridgehead atoms. The van der Waals surface area contributed by atoms with Gasteiger partial charge < -0.3 is 11.1 Å². The van der Waals surface area contributed by atoms with Gasteiger partial charge in [-0.05, 0) is 31.0 Å². The van der Waals surface area contributed by atoms with Gasteiger partial charge >= 0.3 is 0 Å². The molecule has 0 atom stereocenters. The molecule has 102 valence electrons. The Hall–Kier alpha value is -2.07. The van der Waals surface area contributed by atoms with E-state index in [2.05, 4.69) is 34.6 Å². The van der Waals surface area contributed by atoms with E-state index in [1.807, 2.05) is 25.1 Å². The number of thiazole rings is 1. The summed E-state index contributed by atoms with van der Waals surface area (Å²) < 4.78 is 1.15. The molecule has 1 aromatic heterocycles. The van der Waals surface area contributed by atoms with Gasteiger partial charge in [-0.3, -0.25) is 0 Å². The number of nitrogens with zero attached hydrogens (tertiary/aromatic N) is 1. The lowest BCUT2D eigenvalue weighted by Crippen LogP contribution is -2.06. The average molecular weight is 283 g/mol. The number of aryl methyl sites for hydroxylation is 1. The Morgan fingerprint density at radius 2 is 2.00 bits per heavy atom. The maximum Gasteiger partial charge on any atom is 0.0907 e. The van der Waals surface area contributed by atoms with Crippen molar-refractivity contribution in [2.24, 2.45) is 0 Å². The van der Waals surface area contributed by atoms with Crippen LogP contribution in [0.1, 0.15) is 10.6 Å². The van der Waals surface area contributed by atoms with Crippen LogP contribution in [0.4, 0.5) is 11.4 Å². The molecule has 4 heteroatoms. The Balaban J connectivity index is 1.72. The van der Waals surface area contributed by atoms with Crippen molar-refractivity contribution < 1.29 is 0 Å². The lowest BCUT2D eigenvalue weighted by atomic mass is 10.1. The van der Waals surface area contributed by atoms with E-state index < -0.39 is 0 Å². The first-order valence-corrected chi connectivity index (χ1v) is 7.48. The van der Waals surface area contributed by atoms with E-state index in [0.717, 1.165) is 39.6 Å². The second kappa shape index (κ2) is 5.51. The summed E-state index contributed by atoms with van der Waals surface area (Å²) in [7, 11) is 0. The predicted octanol–water partition coefficient (Wildman–Crippen LogP) is 3.84. The van der Waals surface area contributed by atoms with Crippen LogP contribution in [-0.4, -0.2) is 11.5 Å². The third-order valence-corrected chi connectivity index (χ3v) is 4.17. The lowest BCUT2D eigenvalue weighted by Gasteiger charge is -2.09. The highest BCUT2D eigenvalue weighted by atomic mass is 32.1. The molecule has 3 rings (SSSR count). The molecule has 0 radical (unpaired) electrons. The van der Waals surface area contributed by atoms with Gasteiger partial charge in [-0.2, -0.15) is 0 Å². The minimum Gasteiger partial charge on any atom is -0.397 e. The molecule has 0 fully saturated rings. The van der Waals surface area contributed by atoms with Gasteiger partial charge in [0, 0.05) is 6.54 Å². The Morgan fingerprint density at radius 1 is 1.20 bits per heavy atom. The van der Waals surface area contributed by atoms with Crippen LogP contribution in [0.15, 0.2) is 42.5 Å². The number of rotatable bonds is 4. The zero-order chi connectivity index (χ0) is 13.9. The van der Waals surface area contributed by atoms with Crippen LogP contribution in [0.2, 0.25) is 0 Å². The molecule has 0 aliphatic rings. The van der Waals surface area contributed by atoms with Gasteiger partial charge in [0.2, 0.25) is 0 Å². The fraction of sp³-hybridized carbons (Fsp3) is 0.188. The highest BCUT2D eigenvalue weighted by Gasteiger charge is 2.05. The second-order valence-corrected chi connectivity index (χ2v) is 6.04. The van der Waals surface area contributed by atoms with Crippen LogP contribution < -0.4 is 11.1 Å². The fourth-order valence-corrected chi connectivity index (χ4v) is 3.10. The molecule has 0 aliphatic heterocycles. The van der Waals surface area contributed by atoms with Crippen LogP contribution in [0.25, 0.3) is 10.2 Å². The van der Waals surface area contributed by atoms with E-state index in [1.54, 1.807) is 11.3 Å². The molecular formula is C16H17N3S. The monoisotopic (exact) mass is 283 g/mol. The zero-order valence-electron chi connectivity index (χ0n) is 11.4. The topological polar surface area (TPSA) is 50.9 Å². The minimum absolute atomic E-state index is 0.786. The van der Waals surface area contributed by atoms with E-state index >= 15 is 0 Å². The minimum atomic E-state index is 0.786. The van der Waals surface area contributed by atoms with Crippen molar-refractivity contribution in [2.45, 2.75) is 13.3 Å². The number of hydrogen-bond donors (Lipinski definition) is 2. The molecule has 0 saturated heterocycles. The summed E-state index contributed by atoms with van der Waals surface area (Å²) in [6.45, 7) is 2.88. The molecule has 1 heterocycles. The van der Waals surface area contributed by atoms with E-state index in [4.69, 9.17) is 5.73 Å². The molecule has 0 spiro atoms. The molecule has 3 nitrogen and oxygen atoms in total.